The van der Waals surface area contributed by atoms with E-state index in [1.165, 1.54) is 18.2 Å². The van der Waals surface area contributed by atoms with E-state index < -0.39 is 52.8 Å². The highest BCUT2D eigenvalue weighted by atomic mass is 32.2. The first-order valence-corrected chi connectivity index (χ1v) is 14.4. The molecule has 0 bridgehead atoms. The maximum Gasteiger partial charge on any atom is 0.416 e. The molecule has 2 aromatic carbocycles. The lowest BCUT2D eigenvalue weighted by atomic mass is 10.1. The van der Waals surface area contributed by atoms with Gasteiger partial charge in [-0.3, -0.25) is 9.12 Å². The molecule has 0 aliphatic rings. The van der Waals surface area contributed by atoms with E-state index in [1.807, 2.05) is 0 Å². The number of carboxylic acid groups (broad SMARTS) is 2. The number of alkyl halides is 3. The molecule has 5 N–H and O–H groups in total. The highest BCUT2D eigenvalue weighted by molar-refractivity contribution is 7.93. The number of carbonyl (C=O) groups is 2. The summed E-state index contributed by atoms with van der Waals surface area (Å²) in [6.07, 6.45) is -0.174. The van der Waals surface area contributed by atoms with Crippen LogP contribution >= 0.6 is 7.60 Å². The van der Waals surface area contributed by atoms with E-state index in [1.54, 1.807) is 25.1 Å². The van der Waals surface area contributed by atoms with E-state index in [4.69, 9.17) is 24.6 Å². The molecule has 0 aromatic heterocycles. The summed E-state index contributed by atoms with van der Waals surface area (Å²) in [4.78, 5) is 36.8. The van der Waals surface area contributed by atoms with Gasteiger partial charge in [-0.25, -0.2) is 9.59 Å². The lowest BCUT2D eigenvalue weighted by Gasteiger charge is -2.14. The van der Waals surface area contributed by atoms with Crippen molar-refractivity contribution >= 4 is 29.7 Å². The van der Waals surface area contributed by atoms with Gasteiger partial charge in [0.05, 0.1) is 16.7 Å². The average molecular weight is 597 g/mol. The molecular weight excluding hydrogens is 568 g/mol. The molecule has 0 radical (unpaired) electrons. The van der Waals surface area contributed by atoms with Crippen molar-refractivity contribution in [2.75, 3.05) is 0 Å². The molecule has 39 heavy (non-hydrogen) atoms. The van der Waals surface area contributed by atoms with Gasteiger partial charge in [-0.2, -0.15) is 21.6 Å². The number of unbranched alkanes of at least 4 members (excludes halogenated alkanes) is 1. The summed E-state index contributed by atoms with van der Waals surface area (Å²) >= 11 is 0. The number of aryl methyl sites for hydroxylation is 2. The first-order chi connectivity index (χ1) is 17.8. The molecule has 10 nitrogen and oxygen atoms in total. The Morgan fingerprint density at radius 1 is 1.00 bits per heavy atom. The van der Waals surface area contributed by atoms with Crippen molar-refractivity contribution in [2.24, 2.45) is 0 Å². The highest BCUT2D eigenvalue weighted by Gasteiger charge is 2.38. The molecule has 0 amide bonds. The Morgan fingerprint density at radius 3 is 2.13 bits per heavy atom. The van der Waals surface area contributed by atoms with E-state index in [0.29, 0.717) is 30.4 Å². The second-order valence-electron chi connectivity index (χ2n) is 8.34. The summed E-state index contributed by atoms with van der Waals surface area (Å²) in [7, 11) is -9.82. The third-order valence-electron chi connectivity index (χ3n) is 5.28. The number of allylic oxidation sites excluding steroid dienone is 2. The molecule has 216 valence electrons. The molecule has 0 aliphatic carbocycles. The number of benzene rings is 2. The largest absolute Gasteiger partial charge is 0.478 e. The molecule has 0 fully saturated rings. The van der Waals surface area contributed by atoms with Crippen molar-refractivity contribution < 1.29 is 60.3 Å². The predicted molar refractivity (Wildman–Crippen MR) is 135 cm³/mol. The fourth-order valence-corrected chi connectivity index (χ4v) is 5.65. The average Bonchev–Trinajstić information content (AvgIpc) is 2.79. The fraction of sp³-hybridized carbons (Fsp3) is 0.333. The maximum absolute atomic E-state index is 12.6. The number of carboxylic acids is 2. The molecule has 0 saturated carbocycles. The van der Waals surface area contributed by atoms with Crippen molar-refractivity contribution in [3.05, 3.63) is 82.4 Å². The number of rotatable bonds is 11. The van der Waals surface area contributed by atoms with Crippen molar-refractivity contribution in [3.63, 3.8) is 0 Å². The third kappa shape index (κ3) is 12.1. The minimum atomic E-state index is -4.97. The fourth-order valence-electron chi connectivity index (χ4n) is 3.28. The Balaban J connectivity index is 0.000000487. The van der Waals surface area contributed by atoms with Gasteiger partial charge in [-0.05, 0) is 68.4 Å². The first-order valence-electron chi connectivity index (χ1n) is 11.2. The maximum atomic E-state index is 12.6. The van der Waals surface area contributed by atoms with Gasteiger partial charge in [0.15, 0.2) is 4.99 Å². The minimum Gasteiger partial charge on any atom is -0.478 e. The van der Waals surface area contributed by atoms with Crippen LogP contribution in [0.4, 0.5) is 13.2 Å². The van der Waals surface area contributed by atoms with Crippen molar-refractivity contribution in [3.8, 4) is 0 Å². The van der Waals surface area contributed by atoms with Crippen LogP contribution in [0.5, 0.6) is 0 Å². The van der Waals surface area contributed by atoms with Crippen LogP contribution in [0.2, 0.25) is 0 Å². The summed E-state index contributed by atoms with van der Waals surface area (Å²) in [5.41, 5.74) is 0.380. The summed E-state index contributed by atoms with van der Waals surface area (Å²) in [6.45, 7) is 1.62. The summed E-state index contributed by atoms with van der Waals surface area (Å²) < 4.78 is 79.6. The van der Waals surface area contributed by atoms with Gasteiger partial charge in [-0.15, -0.1) is 0 Å². The van der Waals surface area contributed by atoms with Crippen LogP contribution in [0.25, 0.3) is 0 Å². The van der Waals surface area contributed by atoms with Crippen molar-refractivity contribution in [2.45, 2.75) is 50.2 Å². The monoisotopic (exact) mass is 596 g/mol. The second-order valence-corrected chi connectivity index (χ2v) is 12.1. The van der Waals surface area contributed by atoms with Crippen LogP contribution in [-0.2, 0) is 27.3 Å². The molecule has 1 unspecified atom stereocenters. The van der Waals surface area contributed by atoms with Crippen molar-refractivity contribution in [1.29, 1.82) is 0 Å². The van der Waals surface area contributed by atoms with Gasteiger partial charge in [0, 0.05) is 0 Å². The van der Waals surface area contributed by atoms with E-state index in [0.717, 1.165) is 18.2 Å². The van der Waals surface area contributed by atoms with Gasteiger partial charge < -0.3 is 20.0 Å². The lowest BCUT2D eigenvalue weighted by molar-refractivity contribution is -0.137. The summed E-state index contributed by atoms with van der Waals surface area (Å²) in [5.74, 6) is -2.23. The van der Waals surface area contributed by atoms with Crippen LogP contribution in [0, 0.1) is 6.92 Å². The van der Waals surface area contributed by atoms with E-state index in [9.17, 15) is 35.7 Å². The van der Waals surface area contributed by atoms with Gasteiger partial charge in [0.1, 0.15) is 0 Å². The molecule has 15 heteroatoms. The zero-order valence-corrected chi connectivity index (χ0v) is 22.3. The molecule has 2 rings (SSSR count). The Hall–Kier alpha value is -3.03. The second kappa shape index (κ2) is 14.4. The quantitative estimate of drug-likeness (QED) is 0.101. The van der Waals surface area contributed by atoms with E-state index >= 15 is 0 Å². The Morgan fingerprint density at radius 2 is 1.62 bits per heavy atom. The zero-order valence-electron chi connectivity index (χ0n) is 20.6. The molecule has 1 atom stereocenters. The number of aromatic carboxylic acids is 2. The highest BCUT2D eigenvalue weighted by Crippen LogP contribution is 2.46. The van der Waals surface area contributed by atoms with Gasteiger partial charge in [-0.1, -0.05) is 36.4 Å². The van der Waals surface area contributed by atoms with Gasteiger partial charge in [0.25, 0.3) is 10.1 Å². The standard InChI is InChI=1S/C15H20F3O6PS.C9H8O4/c16-15(17,18)13-9-6-8-12(11-13)7-4-2-1-3-5-10-14(25(19,20)21)26(22,23)24;1-5-2-3-6(8(10)11)4-7(5)9(12)13/h1-2,6,8-9,11,14H,3-5,7,10H2,(H2,19,20,21)(H,22,23,24);2-4H,1H3,(H,10,11)(H,12,13). The summed E-state index contributed by atoms with van der Waals surface area (Å²) in [6, 6.07) is 8.99. The van der Waals surface area contributed by atoms with Gasteiger partial charge >= 0.3 is 25.7 Å². The molecular formula is C24H28F3O10PS. The first kappa shape index (κ1) is 34.0. The predicted octanol–water partition coefficient (Wildman–Crippen LogP) is 5.15. The SMILES string of the molecule is Cc1ccc(C(=O)O)cc1C(=O)O.O=P(O)(O)C(CCCC=CCCc1cccc(C(F)(F)F)c1)S(=O)(=O)O. The molecule has 0 aliphatic heterocycles. The Kier molecular flexibility index (Phi) is 12.5. The minimum absolute atomic E-state index is 0.0111. The van der Waals surface area contributed by atoms with Crippen LogP contribution in [-0.4, -0.2) is 49.9 Å². The van der Waals surface area contributed by atoms with E-state index in [2.05, 4.69) is 0 Å². The molecule has 2 aromatic rings. The number of hydrogen-bond acceptors (Lipinski definition) is 5. The molecule has 0 heterocycles. The normalized spacial score (nSPS) is 13.0. The van der Waals surface area contributed by atoms with Crippen LogP contribution in [0.1, 0.15) is 63.1 Å². The molecule has 0 spiro atoms. The summed E-state index contributed by atoms with van der Waals surface area (Å²) in [5, 5.41) is 17.3. The zero-order chi connectivity index (χ0) is 30.0. The smallest absolute Gasteiger partial charge is 0.416 e. The van der Waals surface area contributed by atoms with Gasteiger partial charge in [0.2, 0.25) is 0 Å². The Bertz CT molecular complexity index is 1330. The lowest BCUT2D eigenvalue weighted by Crippen LogP contribution is -2.20. The molecule has 0 saturated heterocycles. The van der Waals surface area contributed by atoms with Crippen LogP contribution < -0.4 is 0 Å². The topological polar surface area (TPSA) is 186 Å². The van der Waals surface area contributed by atoms with Crippen LogP contribution in [0.3, 0.4) is 0 Å². The number of hydrogen-bond donors (Lipinski definition) is 5. The third-order valence-corrected chi connectivity index (χ3v) is 8.83. The number of halogens is 3. The van der Waals surface area contributed by atoms with Crippen molar-refractivity contribution in [1.82, 2.24) is 0 Å². The van der Waals surface area contributed by atoms with Crippen LogP contribution in [0.15, 0.2) is 54.6 Å². The Labute approximate surface area is 222 Å². The van der Waals surface area contributed by atoms with E-state index in [-0.39, 0.29) is 17.5 Å².